The molecular weight excluding hydrogens is 184 g/mol. The fourth-order valence-corrected chi connectivity index (χ4v) is 1.31. The zero-order chi connectivity index (χ0) is 10.7. The van der Waals surface area contributed by atoms with Crippen LogP contribution in [0.25, 0.3) is 0 Å². The van der Waals surface area contributed by atoms with Crippen LogP contribution < -0.4 is 0 Å². The minimum atomic E-state index is -1.00. The highest BCUT2D eigenvalue weighted by molar-refractivity contribution is 5.91. The molecule has 1 aromatic heterocycles. The van der Waals surface area contributed by atoms with Crippen molar-refractivity contribution in [1.29, 1.82) is 0 Å². The standard InChI is InChI=1S/C9H10N2O3/c1-5-3-7(4-10-14)11-6(2)8(5)9(12)13/h3-4,14H,1-2H3,(H,12,13)/b10-4+. The van der Waals surface area contributed by atoms with Gasteiger partial charge in [0.05, 0.1) is 23.2 Å². The Kier molecular flexibility index (Phi) is 2.81. The SMILES string of the molecule is Cc1cc(/C=N/O)nc(C)c1C(=O)O. The number of hydrogen-bond donors (Lipinski definition) is 2. The Morgan fingerprint density at radius 3 is 2.64 bits per heavy atom. The lowest BCUT2D eigenvalue weighted by atomic mass is 10.1. The van der Waals surface area contributed by atoms with Crippen LogP contribution in [0.3, 0.4) is 0 Å². The zero-order valence-electron chi connectivity index (χ0n) is 7.85. The van der Waals surface area contributed by atoms with Crippen LogP contribution in [0.4, 0.5) is 0 Å². The monoisotopic (exact) mass is 194 g/mol. The summed E-state index contributed by atoms with van der Waals surface area (Å²) in [6, 6.07) is 1.55. The molecule has 2 N–H and O–H groups in total. The second kappa shape index (κ2) is 3.87. The average Bonchev–Trinajstić information content (AvgIpc) is 2.01. The van der Waals surface area contributed by atoms with E-state index in [-0.39, 0.29) is 5.56 Å². The summed E-state index contributed by atoms with van der Waals surface area (Å²) < 4.78 is 0. The van der Waals surface area contributed by atoms with Crippen molar-refractivity contribution in [2.45, 2.75) is 13.8 Å². The number of nitrogens with zero attached hydrogens (tertiary/aromatic N) is 2. The number of carboxylic acid groups (broad SMARTS) is 1. The molecule has 0 aliphatic heterocycles. The van der Waals surface area contributed by atoms with Crippen LogP contribution in [0.15, 0.2) is 11.2 Å². The van der Waals surface area contributed by atoms with E-state index in [0.29, 0.717) is 17.0 Å². The molecule has 0 amide bonds. The van der Waals surface area contributed by atoms with Crippen LogP contribution in [0.2, 0.25) is 0 Å². The Hall–Kier alpha value is -1.91. The van der Waals surface area contributed by atoms with Crippen molar-refractivity contribution in [2.75, 3.05) is 0 Å². The van der Waals surface area contributed by atoms with Crippen LogP contribution in [0, 0.1) is 13.8 Å². The normalized spacial score (nSPS) is 10.7. The number of pyridine rings is 1. The van der Waals surface area contributed by atoms with E-state index < -0.39 is 5.97 Å². The maximum Gasteiger partial charge on any atom is 0.337 e. The largest absolute Gasteiger partial charge is 0.478 e. The Bertz CT molecular complexity index is 376. The molecule has 0 bridgehead atoms. The van der Waals surface area contributed by atoms with Gasteiger partial charge in [0.25, 0.3) is 0 Å². The number of rotatable bonds is 2. The summed E-state index contributed by atoms with van der Waals surface area (Å²) in [6.07, 6.45) is 1.16. The Labute approximate surface area is 80.7 Å². The molecule has 0 atom stereocenters. The predicted molar refractivity (Wildman–Crippen MR) is 50.1 cm³/mol. The van der Waals surface area contributed by atoms with E-state index in [1.165, 1.54) is 0 Å². The van der Waals surface area contributed by atoms with E-state index in [2.05, 4.69) is 10.1 Å². The van der Waals surface area contributed by atoms with Crippen LogP contribution >= 0.6 is 0 Å². The van der Waals surface area contributed by atoms with E-state index in [1.807, 2.05) is 0 Å². The van der Waals surface area contributed by atoms with Gasteiger partial charge >= 0.3 is 5.97 Å². The highest BCUT2D eigenvalue weighted by atomic mass is 16.4. The van der Waals surface area contributed by atoms with Crippen LogP contribution in [-0.4, -0.2) is 27.5 Å². The third-order valence-electron chi connectivity index (χ3n) is 1.82. The van der Waals surface area contributed by atoms with Crippen molar-refractivity contribution in [1.82, 2.24) is 4.98 Å². The van der Waals surface area contributed by atoms with Crippen molar-refractivity contribution in [3.8, 4) is 0 Å². The lowest BCUT2D eigenvalue weighted by Crippen LogP contribution is -2.06. The van der Waals surface area contributed by atoms with Gasteiger partial charge in [0.2, 0.25) is 0 Å². The highest BCUT2D eigenvalue weighted by Crippen LogP contribution is 2.12. The molecule has 0 radical (unpaired) electrons. The maximum absolute atomic E-state index is 10.8. The molecule has 74 valence electrons. The smallest absolute Gasteiger partial charge is 0.337 e. The fraction of sp³-hybridized carbons (Fsp3) is 0.222. The van der Waals surface area contributed by atoms with Gasteiger partial charge in [-0.05, 0) is 25.5 Å². The molecule has 5 nitrogen and oxygen atoms in total. The summed E-state index contributed by atoms with van der Waals surface area (Å²) in [5, 5.41) is 20.0. The van der Waals surface area contributed by atoms with Crippen LogP contribution in [0.1, 0.15) is 27.3 Å². The van der Waals surface area contributed by atoms with Gasteiger partial charge in [-0.25, -0.2) is 4.79 Å². The van der Waals surface area contributed by atoms with Crippen molar-refractivity contribution in [3.63, 3.8) is 0 Å². The Morgan fingerprint density at radius 2 is 2.21 bits per heavy atom. The molecule has 0 unspecified atom stereocenters. The van der Waals surface area contributed by atoms with Crippen molar-refractivity contribution < 1.29 is 15.1 Å². The van der Waals surface area contributed by atoms with Gasteiger partial charge in [0.15, 0.2) is 0 Å². The van der Waals surface area contributed by atoms with Gasteiger partial charge < -0.3 is 10.3 Å². The minimum Gasteiger partial charge on any atom is -0.478 e. The number of aryl methyl sites for hydroxylation is 2. The first kappa shape index (κ1) is 10.2. The second-order valence-corrected chi connectivity index (χ2v) is 2.87. The van der Waals surface area contributed by atoms with Crippen LogP contribution in [0.5, 0.6) is 0 Å². The Balaban J connectivity index is 3.32. The van der Waals surface area contributed by atoms with E-state index >= 15 is 0 Å². The molecule has 14 heavy (non-hydrogen) atoms. The molecule has 0 saturated heterocycles. The second-order valence-electron chi connectivity index (χ2n) is 2.87. The predicted octanol–water partition coefficient (Wildman–Crippen LogP) is 1.20. The molecule has 0 saturated carbocycles. The summed E-state index contributed by atoms with van der Waals surface area (Å²) in [5.74, 6) is -1.00. The fourth-order valence-electron chi connectivity index (χ4n) is 1.31. The number of carboxylic acids is 1. The summed E-state index contributed by atoms with van der Waals surface area (Å²) in [5.41, 5.74) is 1.64. The first-order valence-corrected chi connectivity index (χ1v) is 3.95. The summed E-state index contributed by atoms with van der Waals surface area (Å²) in [7, 11) is 0. The maximum atomic E-state index is 10.8. The zero-order valence-corrected chi connectivity index (χ0v) is 7.85. The van der Waals surface area contributed by atoms with Crippen LogP contribution in [-0.2, 0) is 0 Å². The van der Waals surface area contributed by atoms with Gasteiger partial charge in [-0.3, -0.25) is 4.98 Å². The first-order chi connectivity index (χ1) is 6.56. The minimum absolute atomic E-state index is 0.195. The number of aromatic carboxylic acids is 1. The summed E-state index contributed by atoms with van der Waals surface area (Å²) >= 11 is 0. The molecule has 1 heterocycles. The average molecular weight is 194 g/mol. The first-order valence-electron chi connectivity index (χ1n) is 3.95. The molecule has 1 aromatic rings. The molecule has 1 rings (SSSR count). The summed E-state index contributed by atoms with van der Waals surface area (Å²) in [6.45, 7) is 3.28. The molecule has 0 spiro atoms. The molecule has 0 aliphatic carbocycles. The van der Waals surface area contributed by atoms with E-state index in [4.69, 9.17) is 10.3 Å². The van der Waals surface area contributed by atoms with Gasteiger partial charge in [-0.1, -0.05) is 5.16 Å². The van der Waals surface area contributed by atoms with E-state index in [9.17, 15) is 4.79 Å². The van der Waals surface area contributed by atoms with Crippen molar-refractivity contribution in [2.24, 2.45) is 5.16 Å². The van der Waals surface area contributed by atoms with Crippen molar-refractivity contribution >= 4 is 12.2 Å². The lowest BCUT2D eigenvalue weighted by molar-refractivity contribution is 0.0695. The van der Waals surface area contributed by atoms with E-state index in [0.717, 1.165) is 6.21 Å². The number of oxime groups is 1. The molecule has 0 aromatic carbocycles. The number of aromatic nitrogens is 1. The van der Waals surface area contributed by atoms with Gasteiger partial charge in [0, 0.05) is 0 Å². The molecule has 5 heteroatoms. The lowest BCUT2D eigenvalue weighted by Gasteiger charge is -2.04. The third kappa shape index (κ3) is 1.87. The van der Waals surface area contributed by atoms with Crippen molar-refractivity contribution in [3.05, 3.63) is 28.6 Å². The molecule has 0 fully saturated rings. The van der Waals surface area contributed by atoms with E-state index in [1.54, 1.807) is 19.9 Å². The number of carbonyl (C=O) groups is 1. The summed E-state index contributed by atoms with van der Waals surface area (Å²) in [4.78, 5) is 14.7. The van der Waals surface area contributed by atoms with Gasteiger partial charge in [-0.2, -0.15) is 0 Å². The van der Waals surface area contributed by atoms with Gasteiger partial charge in [0.1, 0.15) is 0 Å². The van der Waals surface area contributed by atoms with Gasteiger partial charge in [-0.15, -0.1) is 0 Å². The Morgan fingerprint density at radius 1 is 1.57 bits per heavy atom. The number of hydrogen-bond acceptors (Lipinski definition) is 4. The quantitative estimate of drug-likeness (QED) is 0.421. The topological polar surface area (TPSA) is 82.8 Å². The molecule has 0 aliphatic rings. The molecular formula is C9H10N2O3. The third-order valence-corrected chi connectivity index (χ3v) is 1.82. The highest BCUT2D eigenvalue weighted by Gasteiger charge is 2.12.